The van der Waals surface area contributed by atoms with E-state index in [1.54, 1.807) is 11.8 Å². The van der Waals surface area contributed by atoms with Gasteiger partial charge in [0.25, 0.3) is 0 Å². The molecular formula is C14H16N4O2. The monoisotopic (exact) mass is 272 g/mol. The van der Waals surface area contributed by atoms with E-state index in [4.69, 9.17) is 10.5 Å². The SMILES string of the molecule is COc1ccc(Cn2ncnc2C2(C(N)=O)CC2)cc1. The maximum absolute atomic E-state index is 11.6. The van der Waals surface area contributed by atoms with Crippen LogP contribution in [-0.2, 0) is 16.8 Å². The van der Waals surface area contributed by atoms with Crippen LogP contribution in [0.1, 0.15) is 24.2 Å². The van der Waals surface area contributed by atoms with Gasteiger partial charge in [-0.05, 0) is 30.5 Å². The maximum Gasteiger partial charge on any atom is 0.231 e. The van der Waals surface area contributed by atoms with E-state index in [0.717, 1.165) is 24.2 Å². The zero-order valence-corrected chi connectivity index (χ0v) is 11.2. The van der Waals surface area contributed by atoms with Crippen LogP contribution in [0.2, 0.25) is 0 Å². The molecule has 1 saturated carbocycles. The van der Waals surface area contributed by atoms with Crippen LogP contribution >= 0.6 is 0 Å². The quantitative estimate of drug-likeness (QED) is 0.874. The first kappa shape index (κ1) is 12.7. The minimum absolute atomic E-state index is 0.318. The third kappa shape index (κ3) is 2.03. The summed E-state index contributed by atoms with van der Waals surface area (Å²) >= 11 is 0. The fraction of sp³-hybridized carbons (Fsp3) is 0.357. The normalized spacial score (nSPS) is 15.8. The Balaban J connectivity index is 1.85. The standard InChI is InChI=1S/C14H16N4O2/c1-20-11-4-2-10(3-5-11)8-18-13(16-9-17-18)14(6-7-14)12(15)19/h2-5,9H,6-8H2,1H3,(H2,15,19). The number of amides is 1. The molecule has 0 atom stereocenters. The third-order valence-corrected chi connectivity index (χ3v) is 3.76. The van der Waals surface area contributed by atoms with Crippen molar-refractivity contribution in [3.63, 3.8) is 0 Å². The highest BCUT2D eigenvalue weighted by atomic mass is 16.5. The van der Waals surface area contributed by atoms with Crippen LogP contribution in [0, 0.1) is 0 Å². The number of benzene rings is 1. The summed E-state index contributed by atoms with van der Waals surface area (Å²) in [7, 11) is 1.63. The molecule has 1 aliphatic carbocycles. The predicted molar refractivity (Wildman–Crippen MR) is 72.2 cm³/mol. The third-order valence-electron chi connectivity index (χ3n) is 3.76. The largest absolute Gasteiger partial charge is 0.497 e. The van der Waals surface area contributed by atoms with Crippen LogP contribution < -0.4 is 10.5 Å². The Bertz CT molecular complexity index is 629. The Hall–Kier alpha value is -2.37. The second-order valence-electron chi connectivity index (χ2n) is 5.04. The van der Waals surface area contributed by atoms with Crippen molar-refractivity contribution in [3.05, 3.63) is 42.0 Å². The Morgan fingerprint density at radius 3 is 2.65 bits per heavy atom. The molecule has 6 heteroatoms. The average Bonchev–Trinajstić information content (AvgIpc) is 3.15. The number of hydrogen-bond donors (Lipinski definition) is 1. The van der Waals surface area contributed by atoms with Crippen molar-refractivity contribution in [2.75, 3.05) is 7.11 Å². The molecule has 0 radical (unpaired) electrons. The lowest BCUT2D eigenvalue weighted by Crippen LogP contribution is -2.31. The molecular weight excluding hydrogens is 256 g/mol. The number of methoxy groups -OCH3 is 1. The first-order valence-corrected chi connectivity index (χ1v) is 6.47. The van der Waals surface area contributed by atoms with Crippen molar-refractivity contribution in [1.82, 2.24) is 14.8 Å². The van der Waals surface area contributed by atoms with E-state index >= 15 is 0 Å². The molecule has 0 saturated heterocycles. The van der Waals surface area contributed by atoms with E-state index in [0.29, 0.717) is 12.4 Å². The van der Waals surface area contributed by atoms with Gasteiger partial charge in [-0.15, -0.1) is 0 Å². The molecule has 1 fully saturated rings. The molecule has 0 aliphatic heterocycles. The molecule has 1 aliphatic rings. The van der Waals surface area contributed by atoms with E-state index in [9.17, 15) is 4.79 Å². The van der Waals surface area contributed by atoms with Crippen LogP contribution in [0.4, 0.5) is 0 Å². The Kier molecular flexibility index (Phi) is 2.93. The van der Waals surface area contributed by atoms with Gasteiger partial charge in [0, 0.05) is 0 Å². The van der Waals surface area contributed by atoms with Gasteiger partial charge in [-0.25, -0.2) is 9.67 Å². The summed E-state index contributed by atoms with van der Waals surface area (Å²) in [6, 6.07) is 7.72. The number of primary amides is 1. The Morgan fingerprint density at radius 2 is 2.10 bits per heavy atom. The highest BCUT2D eigenvalue weighted by Gasteiger charge is 2.53. The molecule has 1 amide bonds. The minimum Gasteiger partial charge on any atom is -0.497 e. The first-order valence-electron chi connectivity index (χ1n) is 6.47. The van der Waals surface area contributed by atoms with E-state index in [1.807, 2.05) is 24.3 Å². The van der Waals surface area contributed by atoms with Gasteiger partial charge in [-0.3, -0.25) is 4.79 Å². The minimum atomic E-state index is -0.608. The summed E-state index contributed by atoms with van der Waals surface area (Å²) in [5.74, 6) is 1.16. The summed E-state index contributed by atoms with van der Waals surface area (Å²) in [6.45, 7) is 0.564. The molecule has 6 nitrogen and oxygen atoms in total. The number of carbonyl (C=O) groups excluding carboxylic acids is 1. The fourth-order valence-electron chi connectivity index (χ4n) is 2.36. The van der Waals surface area contributed by atoms with Crippen molar-refractivity contribution in [2.45, 2.75) is 24.8 Å². The van der Waals surface area contributed by atoms with Crippen molar-refractivity contribution in [3.8, 4) is 5.75 Å². The van der Waals surface area contributed by atoms with Crippen LogP contribution in [-0.4, -0.2) is 27.8 Å². The van der Waals surface area contributed by atoms with E-state index in [2.05, 4.69) is 10.1 Å². The predicted octanol–water partition coefficient (Wildman–Crippen LogP) is 0.852. The number of carbonyl (C=O) groups is 1. The van der Waals surface area contributed by atoms with Gasteiger partial charge in [-0.1, -0.05) is 12.1 Å². The van der Waals surface area contributed by atoms with E-state index in [-0.39, 0.29) is 5.91 Å². The molecule has 20 heavy (non-hydrogen) atoms. The van der Waals surface area contributed by atoms with Gasteiger partial charge in [-0.2, -0.15) is 5.10 Å². The van der Waals surface area contributed by atoms with Gasteiger partial charge in [0.05, 0.1) is 13.7 Å². The highest BCUT2D eigenvalue weighted by molar-refractivity contribution is 5.88. The molecule has 1 aromatic heterocycles. The molecule has 2 N–H and O–H groups in total. The fourth-order valence-corrected chi connectivity index (χ4v) is 2.36. The van der Waals surface area contributed by atoms with Gasteiger partial charge >= 0.3 is 0 Å². The Labute approximate surface area is 116 Å². The van der Waals surface area contributed by atoms with Gasteiger partial charge in [0.15, 0.2) is 0 Å². The summed E-state index contributed by atoms with van der Waals surface area (Å²) in [5, 5.41) is 4.21. The van der Waals surface area contributed by atoms with Crippen molar-refractivity contribution < 1.29 is 9.53 Å². The number of ether oxygens (including phenoxy) is 1. The molecule has 0 spiro atoms. The molecule has 2 aromatic rings. The van der Waals surface area contributed by atoms with Gasteiger partial charge in [0.1, 0.15) is 23.3 Å². The second-order valence-corrected chi connectivity index (χ2v) is 5.04. The van der Waals surface area contributed by atoms with Crippen molar-refractivity contribution in [2.24, 2.45) is 5.73 Å². The first-order chi connectivity index (χ1) is 9.65. The lowest BCUT2D eigenvalue weighted by atomic mass is 10.1. The Morgan fingerprint density at radius 1 is 1.40 bits per heavy atom. The zero-order valence-electron chi connectivity index (χ0n) is 11.2. The van der Waals surface area contributed by atoms with Crippen LogP contribution in [0.3, 0.4) is 0 Å². The highest BCUT2D eigenvalue weighted by Crippen LogP contribution is 2.46. The number of rotatable bonds is 5. The number of aromatic nitrogens is 3. The second kappa shape index (κ2) is 4.63. The maximum atomic E-state index is 11.6. The summed E-state index contributed by atoms with van der Waals surface area (Å²) in [5.41, 5.74) is 5.95. The van der Waals surface area contributed by atoms with Gasteiger partial charge < -0.3 is 10.5 Å². The van der Waals surface area contributed by atoms with Crippen LogP contribution in [0.5, 0.6) is 5.75 Å². The number of nitrogens with zero attached hydrogens (tertiary/aromatic N) is 3. The van der Waals surface area contributed by atoms with Gasteiger partial charge in [0.2, 0.25) is 5.91 Å². The summed E-state index contributed by atoms with van der Waals surface area (Å²) in [6.07, 6.45) is 2.98. The molecule has 0 unspecified atom stereocenters. The lowest BCUT2D eigenvalue weighted by molar-refractivity contribution is -0.120. The van der Waals surface area contributed by atoms with Crippen LogP contribution in [0.15, 0.2) is 30.6 Å². The number of nitrogens with two attached hydrogens (primary N) is 1. The van der Waals surface area contributed by atoms with Crippen molar-refractivity contribution >= 4 is 5.91 Å². The summed E-state index contributed by atoms with van der Waals surface area (Å²) < 4.78 is 6.88. The van der Waals surface area contributed by atoms with Crippen LogP contribution in [0.25, 0.3) is 0 Å². The zero-order chi connectivity index (χ0) is 14.2. The smallest absolute Gasteiger partial charge is 0.231 e. The molecule has 104 valence electrons. The molecule has 0 bridgehead atoms. The van der Waals surface area contributed by atoms with E-state index < -0.39 is 5.41 Å². The molecule has 1 heterocycles. The topological polar surface area (TPSA) is 83.0 Å². The van der Waals surface area contributed by atoms with E-state index in [1.165, 1.54) is 6.33 Å². The lowest BCUT2D eigenvalue weighted by Gasteiger charge is -2.12. The molecule has 1 aromatic carbocycles. The van der Waals surface area contributed by atoms with Crippen molar-refractivity contribution in [1.29, 1.82) is 0 Å². The average molecular weight is 272 g/mol. The summed E-state index contributed by atoms with van der Waals surface area (Å²) in [4.78, 5) is 15.8. The number of hydrogen-bond acceptors (Lipinski definition) is 4. The molecule has 3 rings (SSSR count).